The molecule has 158 valence electrons. The third-order valence-corrected chi connectivity index (χ3v) is 5.99. The first-order valence-electron chi connectivity index (χ1n) is 9.38. The molecule has 0 atom stereocenters. The van der Waals surface area contributed by atoms with Crippen LogP contribution in [0, 0.1) is 0 Å². The number of carbonyl (C=O) groups is 1. The van der Waals surface area contributed by atoms with Crippen LogP contribution in [0.4, 0.5) is 0 Å². The van der Waals surface area contributed by atoms with E-state index in [0.717, 1.165) is 10.0 Å². The Balaban J connectivity index is 1.90. The van der Waals surface area contributed by atoms with Crippen molar-refractivity contribution in [2.45, 2.75) is 37.6 Å². The van der Waals surface area contributed by atoms with Crippen molar-refractivity contribution in [1.82, 2.24) is 10.3 Å². The van der Waals surface area contributed by atoms with Gasteiger partial charge in [-0.2, -0.15) is 13.5 Å². The van der Waals surface area contributed by atoms with Crippen LogP contribution in [0.15, 0.2) is 67.4 Å². The van der Waals surface area contributed by atoms with Crippen LogP contribution in [0.25, 0.3) is 0 Å². The summed E-state index contributed by atoms with van der Waals surface area (Å²) in [4.78, 5) is 12.5. The molecule has 1 aliphatic heterocycles. The number of nitrogens with zero attached hydrogens (tertiary/aromatic N) is 3. The summed E-state index contributed by atoms with van der Waals surface area (Å²) in [7, 11) is -3.79. The smallest absolute Gasteiger partial charge is 0.285 e. The van der Waals surface area contributed by atoms with Crippen LogP contribution >= 0.6 is 15.9 Å². The quantitative estimate of drug-likeness (QED) is 0.512. The van der Waals surface area contributed by atoms with Gasteiger partial charge >= 0.3 is 0 Å². The van der Waals surface area contributed by atoms with E-state index in [1.54, 1.807) is 24.4 Å². The summed E-state index contributed by atoms with van der Waals surface area (Å²) >= 11 is 3.39. The number of amidine groups is 1. The van der Waals surface area contributed by atoms with Gasteiger partial charge in [0.05, 0.1) is 12.8 Å². The first kappa shape index (κ1) is 22.2. The number of hydrogen-bond acceptors (Lipinski definition) is 5. The Bertz CT molecular complexity index is 1100. The minimum atomic E-state index is -3.79. The van der Waals surface area contributed by atoms with Crippen LogP contribution in [0.3, 0.4) is 0 Å². The van der Waals surface area contributed by atoms with E-state index in [0.29, 0.717) is 5.56 Å². The van der Waals surface area contributed by atoms with Crippen LogP contribution in [-0.2, 0) is 14.8 Å². The number of benzene rings is 2. The number of amides is 1. The average molecular weight is 491 g/mol. The van der Waals surface area contributed by atoms with Gasteiger partial charge in [0.1, 0.15) is 4.90 Å². The molecule has 0 fully saturated rings. The monoisotopic (exact) mass is 490 g/mol. The number of halogens is 1. The molecule has 0 spiro atoms. The fraction of sp³-hybridized carbons (Fsp3) is 0.286. The normalized spacial score (nSPS) is 15.0. The van der Waals surface area contributed by atoms with Crippen molar-refractivity contribution in [2.24, 2.45) is 9.50 Å². The molecule has 9 heteroatoms. The Labute approximate surface area is 185 Å². The molecule has 2 aromatic rings. The molecule has 1 heterocycles. The predicted molar refractivity (Wildman–Crippen MR) is 121 cm³/mol. The molecule has 2 aromatic carbocycles. The fourth-order valence-electron chi connectivity index (χ4n) is 2.87. The van der Waals surface area contributed by atoms with Crippen molar-refractivity contribution in [1.29, 1.82) is 0 Å². The van der Waals surface area contributed by atoms with Gasteiger partial charge in [-0.15, -0.1) is 4.40 Å². The highest BCUT2D eigenvalue weighted by Gasteiger charge is 2.32. The molecule has 1 amide bonds. The number of hydrazone groups is 1. The second-order valence-corrected chi connectivity index (χ2v) is 10.3. The SMILES string of the molecule is CC(C)(C)NC(=O)CCN(/N=C\c1ccc(Br)cc1)C1=NS(=O)(=O)c2ccccc21. The van der Waals surface area contributed by atoms with E-state index in [4.69, 9.17) is 0 Å². The Morgan fingerprint density at radius 3 is 2.50 bits per heavy atom. The highest BCUT2D eigenvalue weighted by atomic mass is 79.9. The van der Waals surface area contributed by atoms with E-state index < -0.39 is 10.0 Å². The molecule has 0 unspecified atom stereocenters. The lowest BCUT2D eigenvalue weighted by Gasteiger charge is -2.22. The van der Waals surface area contributed by atoms with E-state index in [1.165, 1.54) is 11.1 Å². The number of sulfonamides is 1. The number of rotatable bonds is 5. The third kappa shape index (κ3) is 5.54. The molecule has 0 aromatic heterocycles. The van der Waals surface area contributed by atoms with Crippen LogP contribution < -0.4 is 5.32 Å². The maximum absolute atomic E-state index is 12.5. The Morgan fingerprint density at radius 2 is 1.83 bits per heavy atom. The topological polar surface area (TPSA) is 91.2 Å². The van der Waals surface area contributed by atoms with Gasteiger partial charge in [0.25, 0.3) is 10.0 Å². The predicted octanol–water partition coefficient (Wildman–Crippen LogP) is 3.54. The molecular formula is C21H23BrN4O3S. The van der Waals surface area contributed by atoms with Gasteiger partial charge in [0.15, 0.2) is 5.84 Å². The third-order valence-electron chi connectivity index (χ3n) is 4.14. The van der Waals surface area contributed by atoms with E-state index in [-0.39, 0.29) is 35.1 Å². The summed E-state index contributed by atoms with van der Waals surface area (Å²) in [6.07, 6.45) is 1.75. The van der Waals surface area contributed by atoms with Crippen molar-refractivity contribution >= 4 is 43.9 Å². The highest BCUT2D eigenvalue weighted by molar-refractivity contribution is 9.10. The zero-order valence-corrected chi connectivity index (χ0v) is 19.4. The summed E-state index contributed by atoms with van der Waals surface area (Å²) in [5.74, 6) is 0.0589. The van der Waals surface area contributed by atoms with E-state index in [2.05, 4.69) is 30.7 Å². The lowest BCUT2D eigenvalue weighted by molar-refractivity contribution is -0.122. The van der Waals surface area contributed by atoms with Crippen molar-refractivity contribution in [2.75, 3.05) is 6.54 Å². The largest absolute Gasteiger partial charge is 0.351 e. The molecule has 1 aliphatic rings. The second kappa shape index (κ2) is 8.69. The minimum Gasteiger partial charge on any atom is -0.351 e. The lowest BCUT2D eigenvalue weighted by Crippen LogP contribution is -2.42. The van der Waals surface area contributed by atoms with Gasteiger partial charge < -0.3 is 5.32 Å². The zero-order chi connectivity index (χ0) is 21.9. The molecule has 0 saturated heterocycles. The lowest BCUT2D eigenvalue weighted by atomic mass is 10.1. The van der Waals surface area contributed by atoms with Crippen LogP contribution in [0.1, 0.15) is 38.3 Å². The Hall–Kier alpha value is -2.52. The number of hydrogen-bond donors (Lipinski definition) is 1. The molecule has 0 bridgehead atoms. The van der Waals surface area contributed by atoms with E-state index >= 15 is 0 Å². The summed E-state index contributed by atoms with van der Waals surface area (Å²) in [6.45, 7) is 5.88. The zero-order valence-electron chi connectivity index (χ0n) is 17.0. The highest BCUT2D eigenvalue weighted by Crippen LogP contribution is 2.27. The number of carbonyl (C=O) groups excluding carboxylic acids is 1. The van der Waals surface area contributed by atoms with Gasteiger partial charge in [-0.25, -0.2) is 5.01 Å². The molecule has 1 N–H and O–H groups in total. The van der Waals surface area contributed by atoms with Gasteiger partial charge in [0.2, 0.25) is 5.91 Å². The van der Waals surface area contributed by atoms with Gasteiger partial charge in [-0.3, -0.25) is 4.79 Å². The molecular weight excluding hydrogens is 468 g/mol. The first-order chi connectivity index (χ1) is 14.0. The van der Waals surface area contributed by atoms with Crippen LogP contribution in [0.2, 0.25) is 0 Å². The van der Waals surface area contributed by atoms with Crippen molar-refractivity contribution in [3.63, 3.8) is 0 Å². The van der Waals surface area contributed by atoms with Crippen molar-refractivity contribution < 1.29 is 13.2 Å². The van der Waals surface area contributed by atoms with Gasteiger partial charge in [0, 0.05) is 22.0 Å². The van der Waals surface area contributed by atoms with Crippen molar-refractivity contribution in [3.05, 3.63) is 64.1 Å². The van der Waals surface area contributed by atoms with E-state index in [1.807, 2.05) is 45.0 Å². The minimum absolute atomic E-state index is 0.135. The molecule has 30 heavy (non-hydrogen) atoms. The summed E-state index contributed by atoms with van der Waals surface area (Å²) in [5.41, 5.74) is 0.947. The maximum atomic E-state index is 12.5. The van der Waals surface area contributed by atoms with Gasteiger partial charge in [-0.05, 0) is 50.6 Å². The molecule has 7 nitrogen and oxygen atoms in total. The molecule has 3 rings (SSSR count). The van der Waals surface area contributed by atoms with Crippen LogP contribution in [-0.4, -0.2) is 43.5 Å². The van der Waals surface area contributed by atoms with Gasteiger partial charge in [-0.1, -0.05) is 40.2 Å². The van der Waals surface area contributed by atoms with Crippen molar-refractivity contribution in [3.8, 4) is 0 Å². The Morgan fingerprint density at radius 1 is 1.17 bits per heavy atom. The standard InChI is InChI=1S/C21H23BrN4O3S/c1-21(2,3)24-19(27)12-13-26(23-14-15-8-10-16(22)11-9-15)20-17-6-4-5-7-18(17)30(28,29)25-20/h4-11,14H,12-13H2,1-3H3,(H,24,27)/b23-14-. The van der Waals surface area contributed by atoms with Crippen LogP contribution in [0.5, 0.6) is 0 Å². The molecule has 0 radical (unpaired) electrons. The summed E-state index contributed by atoms with van der Waals surface area (Å²) < 4.78 is 29.8. The number of nitrogens with one attached hydrogen (secondary N) is 1. The Kier molecular flexibility index (Phi) is 6.42. The second-order valence-electron chi connectivity index (χ2n) is 7.85. The maximum Gasteiger partial charge on any atom is 0.285 e. The number of fused-ring (bicyclic) bond motifs is 1. The summed E-state index contributed by atoms with van der Waals surface area (Å²) in [5, 5.41) is 8.82. The molecule has 0 saturated carbocycles. The average Bonchev–Trinajstić information content (AvgIpc) is 2.93. The first-order valence-corrected chi connectivity index (χ1v) is 11.6. The fourth-order valence-corrected chi connectivity index (χ4v) is 4.34. The molecule has 0 aliphatic carbocycles. The summed E-state index contributed by atoms with van der Waals surface area (Å²) in [6, 6.07) is 14.1. The van der Waals surface area contributed by atoms with E-state index in [9.17, 15) is 13.2 Å².